The van der Waals surface area contributed by atoms with Crippen LogP contribution in [0.1, 0.15) is 21.5 Å². The van der Waals surface area contributed by atoms with Gasteiger partial charge in [0.15, 0.2) is 5.65 Å². The van der Waals surface area contributed by atoms with Crippen molar-refractivity contribution in [2.45, 2.75) is 13.5 Å². The van der Waals surface area contributed by atoms with Crippen molar-refractivity contribution in [3.05, 3.63) is 82.9 Å². The van der Waals surface area contributed by atoms with Gasteiger partial charge >= 0.3 is 0 Å². The summed E-state index contributed by atoms with van der Waals surface area (Å²) in [5.41, 5.74) is 3.76. The molecule has 4 rings (SSSR count). The van der Waals surface area contributed by atoms with Crippen LogP contribution in [0.4, 0.5) is 5.69 Å². The van der Waals surface area contributed by atoms with Gasteiger partial charge in [-0.2, -0.15) is 5.10 Å². The number of carbonyl (C=O) groups is 1. The van der Waals surface area contributed by atoms with Crippen LogP contribution in [0.3, 0.4) is 0 Å². The summed E-state index contributed by atoms with van der Waals surface area (Å²) >= 11 is 6.48. The number of nitrogens with zero attached hydrogens (tertiary/aromatic N) is 4. The molecule has 3 aromatic heterocycles. The predicted octanol–water partition coefficient (Wildman–Crippen LogP) is 4.09. The average Bonchev–Trinajstić information content (AvgIpc) is 3.08. The van der Waals surface area contributed by atoms with E-state index in [0.717, 1.165) is 11.1 Å². The molecule has 0 aliphatic heterocycles. The fourth-order valence-corrected chi connectivity index (χ4v) is 3.04. The maximum Gasteiger partial charge on any atom is 0.258 e. The van der Waals surface area contributed by atoms with Crippen LogP contribution < -0.4 is 5.32 Å². The van der Waals surface area contributed by atoms with E-state index in [2.05, 4.69) is 20.4 Å². The van der Waals surface area contributed by atoms with Crippen LogP contribution in [0.2, 0.25) is 5.02 Å². The number of carbonyl (C=O) groups excluding carboxylic acids is 1. The number of aryl methyl sites for hydroxylation is 1. The Morgan fingerprint density at radius 3 is 2.70 bits per heavy atom. The standard InChI is InChI=1S/C20H16ClN5O/c1-13-4-6-15(7-5-13)25-20(27)17-10-23-19-16(18(17)21)11-24-26(19)12-14-3-2-8-22-9-14/h2-11H,12H2,1H3,(H,25,27). The Morgan fingerprint density at radius 1 is 1.15 bits per heavy atom. The summed E-state index contributed by atoms with van der Waals surface area (Å²) in [7, 11) is 0. The number of anilines is 1. The van der Waals surface area contributed by atoms with Gasteiger partial charge in [0.05, 0.1) is 28.7 Å². The Hall–Kier alpha value is -3.25. The molecule has 4 aromatic rings. The zero-order valence-electron chi connectivity index (χ0n) is 14.6. The van der Waals surface area contributed by atoms with Gasteiger partial charge in [-0.05, 0) is 30.7 Å². The van der Waals surface area contributed by atoms with Crippen LogP contribution in [-0.2, 0) is 6.54 Å². The normalized spacial score (nSPS) is 10.9. The second-order valence-electron chi connectivity index (χ2n) is 6.21. The third-order valence-corrected chi connectivity index (χ3v) is 4.62. The molecule has 0 aliphatic rings. The Labute approximate surface area is 160 Å². The summed E-state index contributed by atoms with van der Waals surface area (Å²) in [6, 6.07) is 11.4. The van der Waals surface area contributed by atoms with E-state index >= 15 is 0 Å². The largest absolute Gasteiger partial charge is 0.322 e. The summed E-state index contributed by atoms with van der Waals surface area (Å²) in [6.45, 7) is 2.51. The summed E-state index contributed by atoms with van der Waals surface area (Å²) in [6.07, 6.45) is 6.61. The Balaban J connectivity index is 1.62. The van der Waals surface area contributed by atoms with E-state index in [-0.39, 0.29) is 5.91 Å². The second kappa shape index (κ2) is 7.17. The number of rotatable bonds is 4. The highest BCUT2D eigenvalue weighted by molar-refractivity contribution is 6.38. The summed E-state index contributed by atoms with van der Waals surface area (Å²) < 4.78 is 1.74. The first-order valence-electron chi connectivity index (χ1n) is 8.39. The molecule has 0 aliphatic carbocycles. The molecule has 0 fully saturated rings. The fourth-order valence-electron chi connectivity index (χ4n) is 2.77. The molecule has 1 amide bonds. The Kier molecular flexibility index (Phi) is 4.56. The highest BCUT2D eigenvalue weighted by Gasteiger charge is 2.17. The van der Waals surface area contributed by atoms with Crippen LogP contribution in [-0.4, -0.2) is 25.7 Å². The monoisotopic (exact) mass is 377 g/mol. The third kappa shape index (κ3) is 3.52. The highest BCUT2D eigenvalue weighted by Crippen LogP contribution is 2.26. The van der Waals surface area contributed by atoms with Crippen LogP contribution in [0.5, 0.6) is 0 Å². The van der Waals surface area contributed by atoms with E-state index in [4.69, 9.17) is 11.6 Å². The van der Waals surface area contributed by atoms with Crippen molar-refractivity contribution in [2.75, 3.05) is 5.32 Å². The molecule has 6 nitrogen and oxygen atoms in total. The number of hydrogen-bond acceptors (Lipinski definition) is 4. The van der Waals surface area contributed by atoms with E-state index in [1.165, 1.54) is 6.20 Å². The Morgan fingerprint density at radius 2 is 1.96 bits per heavy atom. The highest BCUT2D eigenvalue weighted by atomic mass is 35.5. The molecule has 0 radical (unpaired) electrons. The van der Waals surface area contributed by atoms with Crippen LogP contribution in [0.15, 0.2) is 61.2 Å². The molecule has 1 aromatic carbocycles. The Bertz CT molecular complexity index is 1110. The molecule has 7 heteroatoms. The van der Waals surface area contributed by atoms with E-state index < -0.39 is 0 Å². The minimum Gasteiger partial charge on any atom is -0.322 e. The zero-order chi connectivity index (χ0) is 18.8. The lowest BCUT2D eigenvalue weighted by molar-refractivity contribution is 0.102. The molecule has 3 heterocycles. The summed E-state index contributed by atoms with van der Waals surface area (Å²) in [5.74, 6) is -0.307. The van der Waals surface area contributed by atoms with Crippen molar-refractivity contribution < 1.29 is 4.79 Å². The molecular formula is C20H16ClN5O. The lowest BCUT2D eigenvalue weighted by Crippen LogP contribution is -2.13. The van der Waals surface area contributed by atoms with Crippen molar-refractivity contribution in [3.8, 4) is 0 Å². The number of nitrogens with one attached hydrogen (secondary N) is 1. The molecule has 0 atom stereocenters. The van der Waals surface area contributed by atoms with Crippen molar-refractivity contribution in [2.24, 2.45) is 0 Å². The topological polar surface area (TPSA) is 72.7 Å². The first kappa shape index (κ1) is 17.2. The fraction of sp³-hybridized carbons (Fsp3) is 0.100. The quantitative estimate of drug-likeness (QED) is 0.581. The minimum atomic E-state index is -0.307. The van der Waals surface area contributed by atoms with Gasteiger partial charge in [0.25, 0.3) is 5.91 Å². The summed E-state index contributed by atoms with van der Waals surface area (Å²) in [4.78, 5) is 21.1. The molecule has 0 bridgehead atoms. The van der Waals surface area contributed by atoms with Gasteiger partial charge in [0.1, 0.15) is 0 Å². The number of fused-ring (bicyclic) bond motifs is 1. The molecule has 1 N–H and O–H groups in total. The minimum absolute atomic E-state index is 0.307. The van der Waals surface area contributed by atoms with Gasteiger partial charge in [0.2, 0.25) is 0 Å². The molecule has 0 unspecified atom stereocenters. The first-order valence-corrected chi connectivity index (χ1v) is 8.76. The molecule has 134 valence electrons. The van der Waals surface area contributed by atoms with Gasteiger partial charge in [-0.25, -0.2) is 9.67 Å². The average molecular weight is 378 g/mol. The van der Waals surface area contributed by atoms with E-state index in [1.807, 2.05) is 43.3 Å². The smallest absolute Gasteiger partial charge is 0.258 e. The molecule has 27 heavy (non-hydrogen) atoms. The second-order valence-corrected chi connectivity index (χ2v) is 6.58. The van der Waals surface area contributed by atoms with E-state index in [0.29, 0.717) is 33.9 Å². The maximum absolute atomic E-state index is 12.6. The van der Waals surface area contributed by atoms with Gasteiger partial charge < -0.3 is 5.32 Å². The predicted molar refractivity (Wildman–Crippen MR) is 105 cm³/mol. The molecular weight excluding hydrogens is 362 g/mol. The van der Waals surface area contributed by atoms with Crippen LogP contribution >= 0.6 is 11.6 Å². The summed E-state index contributed by atoms with van der Waals surface area (Å²) in [5, 5.41) is 8.17. The maximum atomic E-state index is 12.6. The van der Waals surface area contributed by atoms with Crippen molar-refractivity contribution in [1.29, 1.82) is 0 Å². The van der Waals surface area contributed by atoms with Crippen molar-refractivity contribution in [3.63, 3.8) is 0 Å². The van der Waals surface area contributed by atoms with Crippen LogP contribution in [0.25, 0.3) is 11.0 Å². The first-order chi connectivity index (χ1) is 13.1. The van der Waals surface area contributed by atoms with Crippen molar-refractivity contribution >= 4 is 34.2 Å². The molecule has 0 saturated carbocycles. The van der Waals surface area contributed by atoms with Gasteiger partial charge in [0, 0.05) is 24.3 Å². The number of amides is 1. The molecule has 0 spiro atoms. The third-order valence-electron chi connectivity index (χ3n) is 4.21. The van der Waals surface area contributed by atoms with Gasteiger partial charge in [-0.3, -0.25) is 9.78 Å². The lowest BCUT2D eigenvalue weighted by atomic mass is 10.2. The zero-order valence-corrected chi connectivity index (χ0v) is 15.3. The number of pyridine rings is 2. The SMILES string of the molecule is Cc1ccc(NC(=O)c2cnc3c(cnn3Cc3cccnc3)c2Cl)cc1. The van der Waals surface area contributed by atoms with E-state index in [9.17, 15) is 4.79 Å². The number of aromatic nitrogens is 4. The number of hydrogen-bond donors (Lipinski definition) is 1. The number of benzene rings is 1. The lowest BCUT2D eigenvalue weighted by Gasteiger charge is -2.08. The van der Waals surface area contributed by atoms with E-state index in [1.54, 1.807) is 23.3 Å². The van der Waals surface area contributed by atoms with Gasteiger partial charge in [-0.15, -0.1) is 0 Å². The van der Waals surface area contributed by atoms with Gasteiger partial charge in [-0.1, -0.05) is 35.4 Å². The van der Waals surface area contributed by atoms with Crippen LogP contribution in [0, 0.1) is 6.92 Å². The number of halogens is 1. The molecule has 0 saturated heterocycles. The van der Waals surface area contributed by atoms with Crippen molar-refractivity contribution in [1.82, 2.24) is 19.7 Å².